The van der Waals surface area contributed by atoms with E-state index in [0.717, 1.165) is 58.1 Å². The molecule has 0 radical (unpaired) electrons. The zero-order chi connectivity index (χ0) is 24.5. The van der Waals surface area contributed by atoms with E-state index in [4.69, 9.17) is 11.7 Å². The number of hydrogen-bond acceptors (Lipinski definition) is 5. The molecule has 1 amide bonds. The van der Waals surface area contributed by atoms with E-state index in [2.05, 4.69) is 33.7 Å². The van der Waals surface area contributed by atoms with Gasteiger partial charge in [-0.1, -0.05) is 36.0 Å². The van der Waals surface area contributed by atoms with Crippen LogP contribution in [0, 0.1) is 24.8 Å². The molecule has 3 aromatic heterocycles. The standard InChI is InChI=1S/C26H23N7OS/c1-17-22(15-30-33(17)21-8-10-31(11-9-21)18(2)34)19-12-25(26-20(13-27)14-29-32(26)16-19)35-24-7-5-4-6-23(24)28-3/h4-7,12,14-16,21H,8-11H2,1-2H3. The maximum Gasteiger partial charge on any atom is 0.219 e. The minimum absolute atomic E-state index is 0.121. The summed E-state index contributed by atoms with van der Waals surface area (Å²) in [6, 6.07) is 12.0. The van der Waals surface area contributed by atoms with Gasteiger partial charge >= 0.3 is 0 Å². The lowest BCUT2D eigenvalue weighted by Gasteiger charge is -2.32. The van der Waals surface area contributed by atoms with E-state index in [-0.39, 0.29) is 11.9 Å². The average molecular weight is 482 g/mol. The number of nitrogens with zero attached hydrogens (tertiary/aromatic N) is 7. The molecule has 4 aromatic rings. The quantitative estimate of drug-likeness (QED) is 0.371. The number of carbonyl (C=O) groups is 1. The minimum atomic E-state index is 0.121. The molecule has 35 heavy (non-hydrogen) atoms. The SMILES string of the molecule is [C-]#[N+]c1ccccc1Sc1cc(-c2cnn(C3CCN(C(C)=O)CC3)c2C)cn2ncc(C#N)c12. The molecule has 0 spiro atoms. The molecule has 8 nitrogen and oxygen atoms in total. The second-order valence-corrected chi connectivity index (χ2v) is 9.65. The minimum Gasteiger partial charge on any atom is -0.343 e. The highest BCUT2D eigenvalue weighted by atomic mass is 32.2. The van der Waals surface area contributed by atoms with E-state index in [1.807, 2.05) is 35.5 Å². The highest BCUT2D eigenvalue weighted by Crippen LogP contribution is 2.40. The molecule has 5 rings (SSSR count). The third-order valence-electron chi connectivity index (χ3n) is 6.51. The number of carbonyl (C=O) groups excluding carboxylic acids is 1. The number of pyridine rings is 1. The molecular weight excluding hydrogens is 458 g/mol. The summed E-state index contributed by atoms with van der Waals surface area (Å²) in [6.45, 7) is 12.7. The molecule has 0 atom stereocenters. The number of para-hydroxylation sites is 1. The van der Waals surface area contributed by atoms with Crippen molar-refractivity contribution < 1.29 is 4.79 Å². The van der Waals surface area contributed by atoms with E-state index in [0.29, 0.717) is 11.3 Å². The van der Waals surface area contributed by atoms with Gasteiger partial charge in [-0.15, -0.1) is 0 Å². The first-order valence-electron chi connectivity index (χ1n) is 11.4. The Balaban J connectivity index is 1.54. The normalized spacial score (nSPS) is 14.1. The van der Waals surface area contributed by atoms with Gasteiger partial charge in [-0.3, -0.25) is 9.48 Å². The fourth-order valence-electron chi connectivity index (χ4n) is 4.65. The smallest absolute Gasteiger partial charge is 0.219 e. The Morgan fingerprint density at radius 1 is 1.20 bits per heavy atom. The number of rotatable bonds is 4. The largest absolute Gasteiger partial charge is 0.343 e. The van der Waals surface area contributed by atoms with Gasteiger partial charge in [0.15, 0.2) is 0 Å². The number of amides is 1. The number of hydrogen-bond donors (Lipinski definition) is 0. The molecular formula is C26H23N7OS. The highest BCUT2D eigenvalue weighted by Gasteiger charge is 2.25. The maximum atomic E-state index is 11.7. The summed E-state index contributed by atoms with van der Waals surface area (Å²) in [5.74, 6) is 0.121. The predicted octanol–water partition coefficient (Wildman–Crippen LogP) is 5.26. The molecule has 9 heteroatoms. The molecule has 1 aliphatic heterocycles. The molecule has 0 bridgehead atoms. The van der Waals surface area contributed by atoms with Gasteiger partial charge in [-0.2, -0.15) is 15.5 Å². The molecule has 0 unspecified atom stereocenters. The Hall–Kier alpha value is -4.08. The number of nitriles is 1. The van der Waals surface area contributed by atoms with Crippen LogP contribution in [0.2, 0.25) is 0 Å². The summed E-state index contributed by atoms with van der Waals surface area (Å²) >= 11 is 1.46. The van der Waals surface area contributed by atoms with Gasteiger partial charge in [-0.25, -0.2) is 9.36 Å². The Morgan fingerprint density at radius 3 is 2.69 bits per heavy atom. The first kappa shape index (κ1) is 22.7. The van der Waals surface area contributed by atoms with Crippen LogP contribution in [-0.4, -0.2) is 43.3 Å². The van der Waals surface area contributed by atoms with E-state index < -0.39 is 0 Å². The zero-order valence-electron chi connectivity index (χ0n) is 19.5. The lowest BCUT2D eigenvalue weighted by atomic mass is 10.0. The first-order chi connectivity index (χ1) is 17.0. The van der Waals surface area contributed by atoms with Gasteiger partial charge in [0.2, 0.25) is 11.6 Å². The molecule has 1 fully saturated rings. The van der Waals surface area contributed by atoms with Crippen molar-refractivity contribution in [2.75, 3.05) is 13.1 Å². The van der Waals surface area contributed by atoms with Crippen LogP contribution >= 0.6 is 11.8 Å². The number of fused-ring (bicyclic) bond motifs is 1. The second-order valence-electron chi connectivity index (χ2n) is 8.56. The zero-order valence-corrected chi connectivity index (χ0v) is 20.3. The van der Waals surface area contributed by atoms with Gasteiger partial charge in [0, 0.05) is 52.8 Å². The van der Waals surface area contributed by atoms with Gasteiger partial charge in [-0.05, 0) is 25.8 Å². The molecule has 1 aromatic carbocycles. The summed E-state index contributed by atoms with van der Waals surface area (Å²) in [7, 11) is 0. The summed E-state index contributed by atoms with van der Waals surface area (Å²) in [5, 5.41) is 18.8. The molecule has 0 aliphatic carbocycles. The van der Waals surface area contributed by atoms with Crippen molar-refractivity contribution in [1.29, 1.82) is 5.26 Å². The molecule has 1 saturated heterocycles. The van der Waals surface area contributed by atoms with Crippen LogP contribution in [0.4, 0.5) is 5.69 Å². The topological polar surface area (TPSA) is 83.6 Å². The summed E-state index contributed by atoms with van der Waals surface area (Å²) < 4.78 is 3.81. The van der Waals surface area contributed by atoms with Crippen molar-refractivity contribution in [3.05, 3.63) is 71.6 Å². The Labute approximate surface area is 207 Å². The van der Waals surface area contributed by atoms with Crippen molar-refractivity contribution in [2.24, 2.45) is 0 Å². The summed E-state index contributed by atoms with van der Waals surface area (Å²) in [4.78, 5) is 18.9. The third kappa shape index (κ3) is 4.16. The first-order valence-corrected chi connectivity index (χ1v) is 12.2. The Morgan fingerprint density at radius 2 is 1.97 bits per heavy atom. The molecule has 1 aliphatic rings. The molecule has 0 saturated carbocycles. The molecule has 0 N–H and O–H groups in total. The predicted molar refractivity (Wildman–Crippen MR) is 133 cm³/mol. The second kappa shape index (κ2) is 9.28. The van der Waals surface area contributed by atoms with E-state index in [1.165, 1.54) is 11.8 Å². The monoisotopic (exact) mass is 481 g/mol. The van der Waals surface area contributed by atoms with E-state index in [9.17, 15) is 10.1 Å². The van der Waals surface area contributed by atoms with Crippen molar-refractivity contribution in [2.45, 2.75) is 42.5 Å². The van der Waals surface area contributed by atoms with Gasteiger partial charge in [0.25, 0.3) is 0 Å². The van der Waals surface area contributed by atoms with Crippen molar-refractivity contribution in [3.8, 4) is 17.2 Å². The van der Waals surface area contributed by atoms with E-state index >= 15 is 0 Å². The summed E-state index contributed by atoms with van der Waals surface area (Å²) in [5.41, 5.74) is 4.77. The Bertz CT molecular complexity index is 1510. The summed E-state index contributed by atoms with van der Waals surface area (Å²) in [6.07, 6.45) is 7.13. The van der Waals surface area contributed by atoms with Crippen LogP contribution in [0.3, 0.4) is 0 Å². The fourth-order valence-corrected chi connectivity index (χ4v) is 5.73. The van der Waals surface area contributed by atoms with Gasteiger partial charge in [0.1, 0.15) is 6.07 Å². The lowest BCUT2D eigenvalue weighted by molar-refractivity contribution is -0.130. The van der Waals surface area contributed by atoms with Crippen LogP contribution < -0.4 is 0 Å². The van der Waals surface area contributed by atoms with Crippen LogP contribution in [0.25, 0.3) is 21.5 Å². The number of benzene rings is 1. The van der Waals surface area contributed by atoms with Crippen molar-refractivity contribution in [1.82, 2.24) is 24.3 Å². The van der Waals surface area contributed by atoms with Crippen LogP contribution in [-0.2, 0) is 4.79 Å². The number of piperidine rings is 1. The van der Waals surface area contributed by atoms with Crippen LogP contribution in [0.1, 0.15) is 37.1 Å². The van der Waals surface area contributed by atoms with E-state index in [1.54, 1.807) is 23.7 Å². The van der Waals surface area contributed by atoms with Crippen LogP contribution in [0.15, 0.2) is 58.7 Å². The Kier molecular flexibility index (Phi) is 6.02. The highest BCUT2D eigenvalue weighted by molar-refractivity contribution is 7.99. The third-order valence-corrected chi connectivity index (χ3v) is 7.61. The molecule has 4 heterocycles. The van der Waals surface area contributed by atoms with Crippen LogP contribution in [0.5, 0.6) is 0 Å². The van der Waals surface area contributed by atoms with Crippen molar-refractivity contribution in [3.63, 3.8) is 0 Å². The number of aromatic nitrogens is 4. The average Bonchev–Trinajstić information content (AvgIpc) is 3.47. The fraction of sp³-hybridized carbons (Fsp3) is 0.269. The van der Waals surface area contributed by atoms with Gasteiger partial charge in [0.05, 0.1) is 36.1 Å². The maximum absolute atomic E-state index is 11.7. The van der Waals surface area contributed by atoms with Crippen molar-refractivity contribution >= 4 is 28.9 Å². The lowest BCUT2D eigenvalue weighted by Crippen LogP contribution is -2.38. The molecule has 174 valence electrons. The number of likely N-dealkylation sites (tertiary alicyclic amines) is 1. The van der Waals surface area contributed by atoms with Gasteiger partial charge < -0.3 is 4.90 Å².